The lowest BCUT2D eigenvalue weighted by atomic mass is 9.94. The van der Waals surface area contributed by atoms with Gasteiger partial charge in [-0.2, -0.15) is 0 Å². The van der Waals surface area contributed by atoms with Crippen LogP contribution in [0.15, 0.2) is 11.6 Å². The Bertz CT molecular complexity index is 304. The van der Waals surface area contributed by atoms with E-state index in [1.165, 1.54) is 7.11 Å². The number of methoxy groups -OCH3 is 1. The predicted octanol–water partition coefficient (Wildman–Crippen LogP) is 1.20. The third kappa shape index (κ3) is 5.49. The van der Waals surface area contributed by atoms with Crippen LogP contribution in [-0.2, 0) is 19.1 Å². The maximum absolute atomic E-state index is 11.6. The van der Waals surface area contributed by atoms with Gasteiger partial charge in [0.05, 0.1) is 20.1 Å². The summed E-state index contributed by atoms with van der Waals surface area (Å²) in [6, 6.07) is 0. The van der Waals surface area contributed by atoms with Gasteiger partial charge in [-0.15, -0.1) is 0 Å². The molecule has 0 bridgehead atoms. The molecule has 0 aliphatic heterocycles. The van der Waals surface area contributed by atoms with Crippen molar-refractivity contribution in [3.63, 3.8) is 0 Å². The monoisotopic (exact) mass is 244 g/mol. The Hall–Kier alpha value is -1.36. The van der Waals surface area contributed by atoms with E-state index in [0.29, 0.717) is 0 Å². The van der Waals surface area contributed by atoms with Crippen LogP contribution < -0.4 is 0 Å². The Labute approximate surface area is 101 Å². The number of esters is 2. The van der Waals surface area contributed by atoms with E-state index in [1.807, 2.05) is 13.8 Å². The number of aliphatic hydroxyl groups is 1. The summed E-state index contributed by atoms with van der Waals surface area (Å²) in [4.78, 5) is 22.8. The van der Waals surface area contributed by atoms with E-state index in [-0.39, 0.29) is 13.0 Å². The molecular weight excluding hydrogens is 224 g/mol. The lowest BCUT2D eigenvalue weighted by molar-refractivity contribution is -0.171. The van der Waals surface area contributed by atoms with Crippen LogP contribution in [0.2, 0.25) is 0 Å². The molecule has 0 aliphatic carbocycles. The number of carbonyl (C=O) groups excluding carboxylic acids is 2. The second-order valence-corrected chi connectivity index (χ2v) is 3.99. The summed E-state index contributed by atoms with van der Waals surface area (Å²) in [5.74, 6) is -1.45. The molecule has 5 nitrogen and oxygen atoms in total. The normalized spacial score (nSPS) is 13.5. The smallest absolute Gasteiger partial charge is 0.339 e. The van der Waals surface area contributed by atoms with Crippen molar-refractivity contribution in [1.82, 2.24) is 0 Å². The van der Waals surface area contributed by atoms with Gasteiger partial charge in [0.2, 0.25) is 0 Å². The minimum atomic E-state index is -1.85. The first kappa shape index (κ1) is 15.6. The second-order valence-electron chi connectivity index (χ2n) is 3.99. The van der Waals surface area contributed by atoms with Gasteiger partial charge >= 0.3 is 11.9 Å². The van der Waals surface area contributed by atoms with Crippen molar-refractivity contribution in [3.05, 3.63) is 11.6 Å². The molecule has 0 aromatic carbocycles. The minimum Gasteiger partial charge on any atom is -0.469 e. The zero-order chi connectivity index (χ0) is 13.5. The molecule has 0 saturated carbocycles. The van der Waals surface area contributed by atoms with Crippen molar-refractivity contribution in [2.75, 3.05) is 13.7 Å². The van der Waals surface area contributed by atoms with Gasteiger partial charge in [-0.1, -0.05) is 11.6 Å². The lowest BCUT2D eigenvalue weighted by Gasteiger charge is -2.23. The molecule has 0 fully saturated rings. The van der Waals surface area contributed by atoms with E-state index < -0.39 is 24.0 Å². The molecular formula is C12H20O5. The lowest BCUT2D eigenvalue weighted by Crippen LogP contribution is -2.42. The van der Waals surface area contributed by atoms with E-state index in [0.717, 1.165) is 5.57 Å². The van der Waals surface area contributed by atoms with Crippen molar-refractivity contribution in [2.24, 2.45) is 0 Å². The van der Waals surface area contributed by atoms with Crippen LogP contribution in [0.3, 0.4) is 0 Å². The topological polar surface area (TPSA) is 72.8 Å². The fraction of sp³-hybridized carbons (Fsp3) is 0.667. The summed E-state index contributed by atoms with van der Waals surface area (Å²) >= 11 is 0. The molecule has 0 rings (SSSR count). The molecule has 5 heteroatoms. The molecule has 0 aromatic rings. The third-order valence-corrected chi connectivity index (χ3v) is 2.17. The summed E-state index contributed by atoms with van der Waals surface area (Å²) in [6.45, 7) is 5.46. The van der Waals surface area contributed by atoms with Gasteiger partial charge in [-0.3, -0.25) is 4.79 Å². The second kappa shape index (κ2) is 7.06. The molecule has 98 valence electrons. The first-order valence-electron chi connectivity index (χ1n) is 5.45. The molecule has 1 unspecified atom stereocenters. The fourth-order valence-corrected chi connectivity index (χ4v) is 1.18. The maximum Gasteiger partial charge on any atom is 0.339 e. The van der Waals surface area contributed by atoms with Crippen molar-refractivity contribution < 1.29 is 24.2 Å². The summed E-state index contributed by atoms with van der Waals surface area (Å²) in [7, 11) is 1.20. The highest BCUT2D eigenvalue weighted by Crippen LogP contribution is 2.20. The molecule has 0 saturated heterocycles. The van der Waals surface area contributed by atoms with E-state index in [4.69, 9.17) is 4.74 Å². The molecule has 0 heterocycles. The molecule has 0 spiro atoms. The van der Waals surface area contributed by atoms with Crippen LogP contribution in [-0.4, -0.2) is 36.4 Å². The molecule has 1 atom stereocenters. The van der Waals surface area contributed by atoms with Crippen LogP contribution in [0, 0.1) is 0 Å². The number of rotatable bonds is 6. The van der Waals surface area contributed by atoms with Gasteiger partial charge in [0.15, 0.2) is 5.60 Å². The van der Waals surface area contributed by atoms with Crippen molar-refractivity contribution in [1.29, 1.82) is 0 Å². The van der Waals surface area contributed by atoms with Gasteiger partial charge in [0, 0.05) is 6.42 Å². The summed E-state index contributed by atoms with van der Waals surface area (Å²) in [6.07, 6.45) is 1.30. The number of carbonyl (C=O) groups is 2. The van der Waals surface area contributed by atoms with Gasteiger partial charge in [-0.05, 0) is 20.8 Å². The van der Waals surface area contributed by atoms with Crippen LogP contribution in [0.25, 0.3) is 0 Å². The number of ether oxygens (including phenoxy) is 2. The quantitative estimate of drug-likeness (QED) is 0.561. The summed E-state index contributed by atoms with van der Waals surface area (Å²) in [5.41, 5.74) is -0.905. The summed E-state index contributed by atoms with van der Waals surface area (Å²) < 4.78 is 9.21. The van der Waals surface area contributed by atoms with Gasteiger partial charge in [0.1, 0.15) is 0 Å². The Balaban J connectivity index is 4.85. The Morgan fingerprint density at radius 3 is 2.35 bits per heavy atom. The van der Waals surface area contributed by atoms with Crippen LogP contribution in [0.5, 0.6) is 0 Å². The number of hydrogen-bond donors (Lipinski definition) is 1. The largest absolute Gasteiger partial charge is 0.469 e. The standard InChI is InChI=1S/C12H20O5/c1-5-17-11(14)12(15,7-6-9(2)3)8-10(13)16-4/h6,15H,5,7-8H2,1-4H3. The Morgan fingerprint density at radius 2 is 1.94 bits per heavy atom. The highest BCUT2D eigenvalue weighted by atomic mass is 16.6. The van der Waals surface area contributed by atoms with E-state index >= 15 is 0 Å². The first-order chi connectivity index (χ1) is 7.85. The molecule has 0 amide bonds. The molecule has 17 heavy (non-hydrogen) atoms. The van der Waals surface area contributed by atoms with Crippen molar-refractivity contribution in [2.45, 2.75) is 39.2 Å². The average molecular weight is 244 g/mol. The Kier molecular flexibility index (Phi) is 6.50. The number of hydrogen-bond acceptors (Lipinski definition) is 5. The molecule has 1 N–H and O–H groups in total. The van der Waals surface area contributed by atoms with E-state index in [2.05, 4.69) is 4.74 Å². The van der Waals surface area contributed by atoms with E-state index in [1.54, 1.807) is 13.0 Å². The average Bonchev–Trinajstić information content (AvgIpc) is 2.26. The molecule has 0 radical (unpaired) electrons. The molecule has 0 aromatic heterocycles. The fourth-order valence-electron chi connectivity index (χ4n) is 1.18. The first-order valence-corrected chi connectivity index (χ1v) is 5.45. The van der Waals surface area contributed by atoms with Crippen LogP contribution in [0.1, 0.15) is 33.6 Å². The minimum absolute atomic E-state index is 0.0310. The predicted molar refractivity (Wildman–Crippen MR) is 62.3 cm³/mol. The zero-order valence-electron chi connectivity index (χ0n) is 10.8. The van der Waals surface area contributed by atoms with Gasteiger partial charge in [0.25, 0.3) is 0 Å². The number of allylic oxidation sites excluding steroid dienone is 1. The highest BCUT2D eigenvalue weighted by molar-refractivity contribution is 5.85. The zero-order valence-corrected chi connectivity index (χ0v) is 10.8. The van der Waals surface area contributed by atoms with E-state index in [9.17, 15) is 14.7 Å². The van der Waals surface area contributed by atoms with Gasteiger partial charge < -0.3 is 14.6 Å². The van der Waals surface area contributed by atoms with Crippen LogP contribution in [0.4, 0.5) is 0 Å². The Morgan fingerprint density at radius 1 is 1.35 bits per heavy atom. The summed E-state index contributed by atoms with van der Waals surface area (Å²) in [5, 5.41) is 10.1. The molecule has 0 aliphatic rings. The highest BCUT2D eigenvalue weighted by Gasteiger charge is 2.39. The van der Waals surface area contributed by atoms with Crippen molar-refractivity contribution >= 4 is 11.9 Å². The van der Waals surface area contributed by atoms with Crippen LogP contribution >= 0.6 is 0 Å². The van der Waals surface area contributed by atoms with Crippen molar-refractivity contribution in [3.8, 4) is 0 Å². The maximum atomic E-state index is 11.6. The third-order valence-electron chi connectivity index (χ3n) is 2.17. The SMILES string of the molecule is CCOC(=O)C(O)(CC=C(C)C)CC(=O)OC. The van der Waals surface area contributed by atoms with Gasteiger partial charge in [-0.25, -0.2) is 4.79 Å².